The van der Waals surface area contributed by atoms with Crippen molar-refractivity contribution in [1.29, 1.82) is 0 Å². The quantitative estimate of drug-likeness (QED) is 0.934. The lowest BCUT2D eigenvalue weighted by atomic mass is 9.72. The van der Waals surface area contributed by atoms with E-state index in [0.29, 0.717) is 10.2 Å². The fraction of sp³-hybridized carbons (Fsp3) is 0.500. The van der Waals surface area contributed by atoms with Crippen LogP contribution in [-0.4, -0.2) is 14.2 Å². The molecular formula is C12H15BrFNO2. The second kappa shape index (κ2) is 4.46. The summed E-state index contributed by atoms with van der Waals surface area (Å²) in [5.74, 6) is 0.0481. The number of rotatable bonds is 3. The van der Waals surface area contributed by atoms with Gasteiger partial charge in [-0.25, -0.2) is 4.39 Å². The van der Waals surface area contributed by atoms with Crippen LogP contribution in [0.3, 0.4) is 0 Å². The van der Waals surface area contributed by atoms with Gasteiger partial charge in [0.2, 0.25) is 0 Å². The van der Waals surface area contributed by atoms with E-state index in [2.05, 4.69) is 15.9 Å². The van der Waals surface area contributed by atoms with Gasteiger partial charge in [-0.15, -0.1) is 0 Å². The van der Waals surface area contributed by atoms with Crippen LogP contribution in [0.4, 0.5) is 4.39 Å². The van der Waals surface area contributed by atoms with Gasteiger partial charge in [0, 0.05) is 15.6 Å². The third-order valence-corrected chi connectivity index (χ3v) is 3.92. The van der Waals surface area contributed by atoms with Gasteiger partial charge >= 0.3 is 0 Å². The van der Waals surface area contributed by atoms with Crippen LogP contribution in [0.15, 0.2) is 10.5 Å². The standard InChI is InChI=1S/C12H15BrFNO2/c1-16-10-8(14)6-7(13)9(11(10)17-2)12(15)4-3-5-12/h6H,3-5,15H2,1-2H3. The SMILES string of the molecule is COc1c(F)cc(Br)c(C2(N)CCC2)c1OC. The van der Waals surface area contributed by atoms with Gasteiger partial charge in [0.05, 0.1) is 14.2 Å². The normalized spacial score (nSPS) is 17.5. The Morgan fingerprint density at radius 1 is 1.29 bits per heavy atom. The fourth-order valence-electron chi connectivity index (χ4n) is 2.24. The lowest BCUT2D eigenvalue weighted by molar-refractivity contribution is 0.237. The van der Waals surface area contributed by atoms with Crippen molar-refractivity contribution >= 4 is 15.9 Å². The molecule has 0 saturated heterocycles. The maximum atomic E-state index is 13.7. The molecule has 1 aliphatic carbocycles. The van der Waals surface area contributed by atoms with E-state index in [1.807, 2.05) is 0 Å². The minimum atomic E-state index is -0.456. The summed E-state index contributed by atoms with van der Waals surface area (Å²) in [4.78, 5) is 0. The predicted molar refractivity (Wildman–Crippen MR) is 66.9 cm³/mol. The minimum absolute atomic E-state index is 0.113. The monoisotopic (exact) mass is 303 g/mol. The molecule has 0 spiro atoms. The maximum absolute atomic E-state index is 13.7. The second-order valence-corrected chi connectivity index (χ2v) is 5.15. The van der Waals surface area contributed by atoms with Crippen LogP contribution in [0.5, 0.6) is 11.5 Å². The third-order valence-electron chi connectivity index (χ3n) is 3.29. The molecule has 2 rings (SSSR count). The van der Waals surface area contributed by atoms with Crippen molar-refractivity contribution in [2.75, 3.05) is 14.2 Å². The zero-order chi connectivity index (χ0) is 12.6. The van der Waals surface area contributed by atoms with Crippen molar-refractivity contribution in [1.82, 2.24) is 0 Å². The average molecular weight is 304 g/mol. The Balaban J connectivity index is 2.64. The Hall–Kier alpha value is -0.810. The molecule has 1 aliphatic rings. The number of nitrogens with two attached hydrogens (primary N) is 1. The van der Waals surface area contributed by atoms with E-state index in [0.717, 1.165) is 24.8 Å². The first kappa shape index (κ1) is 12.6. The van der Waals surface area contributed by atoms with Crippen LogP contribution in [0, 0.1) is 5.82 Å². The average Bonchev–Trinajstić information content (AvgIpc) is 2.25. The van der Waals surface area contributed by atoms with E-state index in [-0.39, 0.29) is 5.75 Å². The number of hydrogen-bond acceptors (Lipinski definition) is 3. The molecule has 1 aromatic rings. The number of ether oxygens (including phenoxy) is 2. The lowest BCUT2D eigenvalue weighted by Gasteiger charge is -2.40. The number of methoxy groups -OCH3 is 2. The third kappa shape index (κ3) is 1.91. The number of halogens is 2. The Morgan fingerprint density at radius 3 is 2.29 bits per heavy atom. The lowest BCUT2D eigenvalue weighted by Crippen LogP contribution is -2.44. The summed E-state index contributed by atoms with van der Waals surface area (Å²) in [6.07, 6.45) is 2.82. The summed E-state index contributed by atoms with van der Waals surface area (Å²) in [5.41, 5.74) is 6.64. The molecule has 0 heterocycles. The fourth-order valence-corrected chi connectivity index (χ4v) is 3.01. The van der Waals surface area contributed by atoms with Crippen molar-refractivity contribution in [3.63, 3.8) is 0 Å². The van der Waals surface area contributed by atoms with Crippen molar-refractivity contribution < 1.29 is 13.9 Å². The second-order valence-electron chi connectivity index (χ2n) is 4.29. The molecular weight excluding hydrogens is 289 g/mol. The Morgan fingerprint density at radius 2 is 1.88 bits per heavy atom. The number of benzene rings is 1. The van der Waals surface area contributed by atoms with Gasteiger partial charge in [-0.05, 0) is 25.3 Å². The summed E-state index contributed by atoms with van der Waals surface area (Å²) in [7, 11) is 2.91. The predicted octanol–water partition coefficient (Wildman–Crippen LogP) is 2.94. The molecule has 1 saturated carbocycles. The Kier molecular flexibility index (Phi) is 3.32. The highest BCUT2D eigenvalue weighted by molar-refractivity contribution is 9.10. The summed E-state index contributed by atoms with van der Waals surface area (Å²) < 4.78 is 24.7. The van der Waals surface area contributed by atoms with E-state index in [1.165, 1.54) is 20.3 Å². The molecule has 1 aromatic carbocycles. The van der Waals surface area contributed by atoms with Crippen LogP contribution >= 0.6 is 15.9 Å². The smallest absolute Gasteiger partial charge is 0.197 e. The highest BCUT2D eigenvalue weighted by atomic mass is 79.9. The van der Waals surface area contributed by atoms with Crippen LogP contribution in [0.25, 0.3) is 0 Å². The molecule has 17 heavy (non-hydrogen) atoms. The maximum Gasteiger partial charge on any atom is 0.197 e. The van der Waals surface area contributed by atoms with E-state index in [1.54, 1.807) is 0 Å². The van der Waals surface area contributed by atoms with Gasteiger partial charge in [0.1, 0.15) is 0 Å². The Labute approximate surface area is 108 Å². The van der Waals surface area contributed by atoms with Gasteiger partial charge in [0.25, 0.3) is 0 Å². The molecule has 0 atom stereocenters. The number of hydrogen-bond donors (Lipinski definition) is 1. The van der Waals surface area contributed by atoms with Gasteiger partial charge in [-0.1, -0.05) is 15.9 Å². The van der Waals surface area contributed by atoms with Crippen LogP contribution in [0.2, 0.25) is 0 Å². The first-order chi connectivity index (χ1) is 8.03. The molecule has 0 unspecified atom stereocenters. The van der Waals surface area contributed by atoms with E-state index in [9.17, 15) is 4.39 Å². The van der Waals surface area contributed by atoms with E-state index in [4.69, 9.17) is 15.2 Å². The Bertz CT molecular complexity index is 447. The first-order valence-electron chi connectivity index (χ1n) is 5.43. The highest BCUT2D eigenvalue weighted by Gasteiger charge is 2.40. The largest absolute Gasteiger partial charge is 0.492 e. The van der Waals surface area contributed by atoms with E-state index < -0.39 is 11.4 Å². The molecule has 0 amide bonds. The molecule has 5 heteroatoms. The van der Waals surface area contributed by atoms with Crippen molar-refractivity contribution in [2.24, 2.45) is 5.73 Å². The summed E-state index contributed by atoms with van der Waals surface area (Å²) >= 11 is 3.36. The molecule has 1 fully saturated rings. The summed E-state index contributed by atoms with van der Waals surface area (Å²) in [6.45, 7) is 0. The molecule has 0 aromatic heterocycles. The highest BCUT2D eigenvalue weighted by Crippen LogP contribution is 2.49. The zero-order valence-corrected chi connectivity index (χ0v) is 11.4. The topological polar surface area (TPSA) is 44.5 Å². The molecule has 0 radical (unpaired) electrons. The minimum Gasteiger partial charge on any atom is -0.492 e. The molecule has 3 nitrogen and oxygen atoms in total. The zero-order valence-electron chi connectivity index (χ0n) is 9.85. The van der Waals surface area contributed by atoms with Gasteiger partial charge in [0.15, 0.2) is 17.3 Å². The van der Waals surface area contributed by atoms with Crippen LogP contribution < -0.4 is 15.2 Å². The molecule has 2 N–H and O–H groups in total. The molecule has 0 bridgehead atoms. The van der Waals surface area contributed by atoms with Crippen molar-refractivity contribution in [2.45, 2.75) is 24.8 Å². The van der Waals surface area contributed by atoms with Gasteiger partial charge in [-0.3, -0.25) is 0 Å². The van der Waals surface area contributed by atoms with Gasteiger partial charge in [-0.2, -0.15) is 0 Å². The summed E-state index contributed by atoms with van der Waals surface area (Å²) in [5, 5.41) is 0. The van der Waals surface area contributed by atoms with Crippen molar-refractivity contribution in [3.05, 3.63) is 21.9 Å². The molecule has 0 aliphatic heterocycles. The van der Waals surface area contributed by atoms with Crippen molar-refractivity contribution in [3.8, 4) is 11.5 Å². The van der Waals surface area contributed by atoms with Crippen LogP contribution in [0.1, 0.15) is 24.8 Å². The molecule has 94 valence electrons. The van der Waals surface area contributed by atoms with Gasteiger partial charge < -0.3 is 15.2 Å². The van der Waals surface area contributed by atoms with E-state index >= 15 is 0 Å². The first-order valence-corrected chi connectivity index (χ1v) is 6.22. The van der Waals surface area contributed by atoms with Crippen LogP contribution in [-0.2, 0) is 5.54 Å². The summed E-state index contributed by atoms with van der Waals surface area (Å²) in [6, 6.07) is 1.38.